The van der Waals surface area contributed by atoms with Gasteiger partial charge in [0.1, 0.15) is 22.7 Å². The van der Waals surface area contributed by atoms with E-state index in [1.807, 2.05) is 0 Å². The maximum absolute atomic E-state index is 14.6. The number of carbonyl (C=O) groups excluding carboxylic acids is 1. The van der Waals surface area contributed by atoms with Crippen LogP contribution in [-0.2, 0) is 0 Å². The average molecular weight is 395 g/mol. The number of pyridine rings is 1. The molecule has 0 fully saturated rings. The fourth-order valence-corrected chi connectivity index (χ4v) is 3.35. The van der Waals surface area contributed by atoms with Crippen LogP contribution in [0.4, 0.5) is 15.8 Å². The quantitative estimate of drug-likeness (QED) is 0.405. The Balaban J connectivity index is 2.13. The van der Waals surface area contributed by atoms with Crippen LogP contribution in [0.2, 0.25) is 0 Å². The van der Waals surface area contributed by atoms with Crippen LogP contribution in [0.3, 0.4) is 0 Å². The topological polar surface area (TPSA) is 119 Å². The van der Waals surface area contributed by atoms with E-state index in [1.165, 1.54) is 49.0 Å². The number of nitro groups is 1. The minimum atomic E-state index is -0.679. The van der Waals surface area contributed by atoms with Crippen molar-refractivity contribution in [3.63, 3.8) is 0 Å². The molecule has 0 radical (unpaired) electrons. The van der Waals surface area contributed by atoms with Crippen LogP contribution in [0.5, 0.6) is 0 Å². The molecule has 2 N–H and O–H groups in total. The van der Waals surface area contributed by atoms with Crippen molar-refractivity contribution in [3.05, 3.63) is 68.2 Å². The van der Waals surface area contributed by atoms with Crippen molar-refractivity contribution >= 4 is 33.7 Å². The summed E-state index contributed by atoms with van der Waals surface area (Å²) in [4.78, 5) is 39.8. The molecule has 0 saturated carbocycles. The van der Waals surface area contributed by atoms with Crippen LogP contribution in [0.1, 0.15) is 10.4 Å². The Labute approximate surface area is 162 Å². The van der Waals surface area contributed by atoms with Gasteiger partial charge in [-0.25, -0.2) is 9.37 Å². The number of halogens is 1. The highest BCUT2D eigenvalue weighted by Gasteiger charge is 2.23. The molecule has 0 atom stereocenters. The number of aromatic nitrogens is 2. The Morgan fingerprint density at radius 3 is 2.52 bits per heavy atom. The second-order valence-electron chi connectivity index (χ2n) is 6.29. The van der Waals surface area contributed by atoms with Crippen molar-refractivity contribution in [2.24, 2.45) is 0 Å². The van der Waals surface area contributed by atoms with Gasteiger partial charge in [-0.05, 0) is 18.2 Å². The Morgan fingerprint density at radius 1 is 1.24 bits per heavy atom. The average Bonchev–Trinajstić information content (AvgIpc) is 3.09. The Morgan fingerprint density at radius 2 is 1.93 bits per heavy atom. The van der Waals surface area contributed by atoms with Gasteiger partial charge in [0, 0.05) is 38.0 Å². The van der Waals surface area contributed by atoms with Crippen molar-refractivity contribution in [1.29, 1.82) is 0 Å². The van der Waals surface area contributed by atoms with Gasteiger partial charge in [-0.2, -0.15) is 0 Å². The highest BCUT2D eigenvalue weighted by molar-refractivity contribution is 6.05. The normalized spacial score (nSPS) is 11.1. The van der Waals surface area contributed by atoms with Crippen LogP contribution >= 0.6 is 0 Å². The van der Waals surface area contributed by atoms with Crippen molar-refractivity contribution < 1.29 is 14.1 Å². The molecule has 0 aliphatic heterocycles. The molecule has 2 aromatic carbocycles. The maximum atomic E-state index is 14.6. The molecule has 146 valence electrons. The van der Waals surface area contributed by atoms with Gasteiger partial charge in [-0.3, -0.25) is 24.1 Å². The molecule has 0 saturated heterocycles. The first-order chi connectivity index (χ1) is 13.9. The predicted octanol–water partition coefficient (Wildman–Crippen LogP) is 2.40. The summed E-state index contributed by atoms with van der Waals surface area (Å²) in [6.07, 6.45) is 1.34. The van der Waals surface area contributed by atoms with E-state index < -0.39 is 22.1 Å². The summed E-state index contributed by atoms with van der Waals surface area (Å²) in [7, 11) is 2.92. The van der Waals surface area contributed by atoms with Gasteiger partial charge in [-0.1, -0.05) is 0 Å². The third kappa shape index (κ3) is 2.64. The van der Waals surface area contributed by atoms with E-state index in [1.54, 1.807) is 0 Å². The maximum Gasteiger partial charge on any atom is 0.269 e. The number of non-ortho nitro benzene ring substituents is 1. The first-order valence-electron chi connectivity index (χ1n) is 8.53. The van der Waals surface area contributed by atoms with Crippen LogP contribution < -0.4 is 16.1 Å². The smallest absolute Gasteiger partial charge is 0.269 e. The zero-order valence-electron chi connectivity index (χ0n) is 15.3. The van der Waals surface area contributed by atoms with E-state index in [0.717, 1.165) is 6.07 Å². The van der Waals surface area contributed by atoms with E-state index in [-0.39, 0.29) is 27.8 Å². The molecule has 10 heteroatoms. The number of imidazole rings is 1. The Bertz CT molecular complexity index is 1350. The number of anilines is 1. The Kier molecular flexibility index (Phi) is 4.11. The number of hydrogen-bond donors (Lipinski definition) is 2. The predicted molar refractivity (Wildman–Crippen MR) is 105 cm³/mol. The molecule has 2 heterocycles. The number of benzene rings is 2. The van der Waals surface area contributed by atoms with Gasteiger partial charge >= 0.3 is 0 Å². The molecule has 0 bridgehead atoms. The SMILES string of the molecule is CNC(=O)c1cn2c(-c3ccc([N+](=O)[O-])cc3)nc3c(NC)c(F)cc(c1=O)c32. The van der Waals surface area contributed by atoms with Gasteiger partial charge in [0.05, 0.1) is 21.5 Å². The summed E-state index contributed by atoms with van der Waals surface area (Å²) < 4.78 is 16.1. The lowest BCUT2D eigenvalue weighted by molar-refractivity contribution is -0.384. The first kappa shape index (κ1) is 18.3. The summed E-state index contributed by atoms with van der Waals surface area (Å²) in [5.74, 6) is -0.983. The van der Waals surface area contributed by atoms with Gasteiger partial charge in [-0.15, -0.1) is 0 Å². The minimum Gasteiger partial charge on any atom is -0.384 e. The number of rotatable bonds is 4. The zero-order valence-corrected chi connectivity index (χ0v) is 15.3. The summed E-state index contributed by atoms with van der Waals surface area (Å²) in [5.41, 5.74) is 0.302. The minimum absolute atomic E-state index is 0.0123. The molecule has 0 spiro atoms. The molecule has 2 aromatic heterocycles. The third-order valence-electron chi connectivity index (χ3n) is 4.72. The third-order valence-corrected chi connectivity index (χ3v) is 4.72. The molecule has 0 aliphatic rings. The van der Waals surface area contributed by atoms with Crippen molar-refractivity contribution in [2.45, 2.75) is 0 Å². The van der Waals surface area contributed by atoms with Gasteiger partial charge in [0.15, 0.2) is 0 Å². The zero-order chi connectivity index (χ0) is 20.9. The van der Waals surface area contributed by atoms with E-state index in [2.05, 4.69) is 15.6 Å². The lowest BCUT2D eigenvalue weighted by Gasteiger charge is -2.08. The van der Waals surface area contributed by atoms with Crippen LogP contribution in [-0.4, -0.2) is 34.3 Å². The van der Waals surface area contributed by atoms with Crippen molar-refractivity contribution in [3.8, 4) is 11.4 Å². The Hall–Kier alpha value is -4.08. The molecule has 4 aromatic rings. The molecule has 9 nitrogen and oxygen atoms in total. The van der Waals surface area contributed by atoms with Crippen molar-refractivity contribution in [1.82, 2.24) is 14.7 Å². The number of nitrogens with one attached hydrogen (secondary N) is 2. The van der Waals surface area contributed by atoms with E-state index >= 15 is 0 Å². The fourth-order valence-electron chi connectivity index (χ4n) is 3.35. The van der Waals surface area contributed by atoms with Gasteiger partial charge in [0.2, 0.25) is 5.43 Å². The summed E-state index contributed by atoms with van der Waals surface area (Å²) in [5, 5.41) is 16.1. The highest BCUT2D eigenvalue weighted by Crippen LogP contribution is 2.33. The number of amides is 1. The number of carbonyl (C=O) groups is 1. The second-order valence-corrected chi connectivity index (χ2v) is 6.29. The van der Waals surface area contributed by atoms with Crippen LogP contribution in [0.15, 0.2) is 41.3 Å². The second kappa shape index (κ2) is 6.51. The van der Waals surface area contributed by atoms with Crippen LogP contribution in [0.25, 0.3) is 27.8 Å². The van der Waals surface area contributed by atoms with Gasteiger partial charge < -0.3 is 10.6 Å². The molecule has 4 rings (SSSR count). The van der Waals surface area contributed by atoms with Gasteiger partial charge in [0.25, 0.3) is 11.6 Å². The molecule has 0 aliphatic carbocycles. The monoisotopic (exact) mass is 395 g/mol. The van der Waals surface area contributed by atoms with E-state index in [0.29, 0.717) is 16.9 Å². The molecule has 1 amide bonds. The van der Waals surface area contributed by atoms with E-state index in [9.17, 15) is 24.1 Å². The first-order valence-corrected chi connectivity index (χ1v) is 8.53. The molecular formula is C19H14FN5O4. The lowest BCUT2D eigenvalue weighted by Crippen LogP contribution is -2.26. The molecule has 0 unspecified atom stereocenters. The fraction of sp³-hybridized carbons (Fsp3) is 0.105. The number of nitro benzene ring substituents is 1. The summed E-state index contributed by atoms with van der Waals surface area (Å²) >= 11 is 0. The largest absolute Gasteiger partial charge is 0.384 e. The molecule has 29 heavy (non-hydrogen) atoms. The lowest BCUT2D eigenvalue weighted by atomic mass is 10.1. The summed E-state index contributed by atoms with van der Waals surface area (Å²) in [6.45, 7) is 0. The number of hydrogen-bond acceptors (Lipinski definition) is 6. The summed E-state index contributed by atoms with van der Waals surface area (Å²) in [6, 6.07) is 6.72. The van der Waals surface area contributed by atoms with Crippen LogP contribution in [0, 0.1) is 15.9 Å². The highest BCUT2D eigenvalue weighted by atomic mass is 19.1. The van der Waals surface area contributed by atoms with Crippen molar-refractivity contribution in [2.75, 3.05) is 19.4 Å². The number of nitrogens with zero attached hydrogens (tertiary/aromatic N) is 3. The van der Waals surface area contributed by atoms with E-state index in [4.69, 9.17) is 0 Å². The molecular weight excluding hydrogens is 381 g/mol. The standard InChI is InChI=1S/C19H14FN5O4/c1-21-14-13(20)7-11-16-15(14)23-18(9-3-5-10(6-4-9)25(28)29)24(16)8-12(17(11)26)19(27)22-2/h3-8,21H,1-2H3,(H,22,27).